The van der Waals surface area contributed by atoms with Crippen LogP contribution in [0, 0.1) is 0 Å². The molecule has 0 aliphatic heterocycles. The second-order valence-corrected chi connectivity index (χ2v) is 3.29. The summed E-state index contributed by atoms with van der Waals surface area (Å²) in [5.74, 6) is -0.910. The van der Waals surface area contributed by atoms with E-state index < -0.39 is 5.97 Å². The van der Waals surface area contributed by atoms with Gasteiger partial charge in [0, 0.05) is 31.6 Å². The summed E-state index contributed by atoms with van der Waals surface area (Å²) in [7, 11) is 1.94. The van der Waals surface area contributed by atoms with Crippen molar-refractivity contribution in [3.8, 4) is 0 Å². The maximum Gasteiger partial charge on any atom is 0.328 e. The number of aromatic nitrogens is 1. The molecule has 0 fully saturated rings. The molecule has 1 aromatic rings. The van der Waals surface area contributed by atoms with Gasteiger partial charge in [0.15, 0.2) is 0 Å². The number of rotatable bonds is 5. The molecule has 0 unspecified atom stereocenters. The van der Waals surface area contributed by atoms with Gasteiger partial charge in [-0.15, -0.1) is 0 Å². The van der Waals surface area contributed by atoms with Crippen LogP contribution in [0.15, 0.2) is 36.7 Å². The first-order valence-electron chi connectivity index (χ1n) is 4.65. The highest BCUT2D eigenvalue weighted by Crippen LogP contribution is 2.00. The molecule has 1 N–H and O–H groups in total. The first kappa shape index (κ1) is 11.4. The normalized spacial score (nSPS) is 11.1. The molecule has 0 aromatic carbocycles. The zero-order valence-electron chi connectivity index (χ0n) is 8.63. The summed E-state index contributed by atoms with van der Waals surface area (Å²) in [5.41, 5.74) is 1.16. The lowest BCUT2D eigenvalue weighted by molar-refractivity contribution is -0.131. The predicted octanol–water partition coefficient (Wildman–Crippen LogP) is 1.15. The maximum atomic E-state index is 10.2. The average Bonchev–Trinajstić information content (AvgIpc) is 2.18. The Morgan fingerprint density at radius 1 is 1.53 bits per heavy atom. The zero-order valence-corrected chi connectivity index (χ0v) is 8.63. The number of hydrogen-bond donors (Lipinski definition) is 1. The maximum absolute atomic E-state index is 10.2. The van der Waals surface area contributed by atoms with Crippen LogP contribution in [-0.4, -0.2) is 34.6 Å². The minimum Gasteiger partial charge on any atom is -0.478 e. The van der Waals surface area contributed by atoms with Crippen LogP contribution in [-0.2, 0) is 11.3 Å². The number of hydrogen-bond acceptors (Lipinski definition) is 3. The van der Waals surface area contributed by atoms with Crippen molar-refractivity contribution in [2.45, 2.75) is 6.54 Å². The molecule has 80 valence electrons. The van der Waals surface area contributed by atoms with Gasteiger partial charge in [-0.1, -0.05) is 6.08 Å². The molecule has 15 heavy (non-hydrogen) atoms. The van der Waals surface area contributed by atoms with Gasteiger partial charge in [-0.3, -0.25) is 9.88 Å². The first-order chi connectivity index (χ1) is 7.18. The Labute approximate surface area is 88.9 Å². The van der Waals surface area contributed by atoms with Crippen molar-refractivity contribution in [3.63, 3.8) is 0 Å². The molecule has 4 nitrogen and oxygen atoms in total. The Morgan fingerprint density at radius 3 is 2.80 bits per heavy atom. The van der Waals surface area contributed by atoms with Crippen molar-refractivity contribution >= 4 is 5.97 Å². The van der Waals surface area contributed by atoms with Crippen molar-refractivity contribution in [2.24, 2.45) is 0 Å². The fourth-order valence-corrected chi connectivity index (χ4v) is 1.20. The van der Waals surface area contributed by atoms with E-state index in [0.29, 0.717) is 6.54 Å². The third kappa shape index (κ3) is 4.93. The van der Waals surface area contributed by atoms with Crippen LogP contribution in [0.5, 0.6) is 0 Å². The van der Waals surface area contributed by atoms with Crippen molar-refractivity contribution < 1.29 is 9.90 Å². The lowest BCUT2D eigenvalue weighted by Crippen LogP contribution is -2.17. The van der Waals surface area contributed by atoms with Crippen LogP contribution in [0.3, 0.4) is 0 Å². The highest BCUT2D eigenvalue weighted by atomic mass is 16.4. The molecular formula is C11H14N2O2. The SMILES string of the molecule is CN(CC=CC(=O)O)Cc1ccncc1. The minimum absolute atomic E-state index is 0.620. The van der Waals surface area contributed by atoms with Gasteiger partial charge in [-0.2, -0.15) is 0 Å². The van der Waals surface area contributed by atoms with E-state index in [9.17, 15) is 4.79 Å². The summed E-state index contributed by atoms with van der Waals surface area (Å²) < 4.78 is 0. The van der Waals surface area contributed by atoms with Crippen LogP contribution >= 0.6 is 0 Å². The molecule has 0 amide bonds. The van der Waals surface area contributed by atoms with Gasteiger partial charge in [0.2, 0.25) is 0 Å². The van der Waals surface area contributed by atoms with E-state index in [1.807, 2.05) is 24.1 Å². The molecular weight excluding hydrogens is 192 g/mol. The summed E-state index contributed by atoms with van der Waals surface area (Å²) >= 11 is 0. The van der Waals surface area contributed by atoms with Gasteiger partial charge in [-0.05, 0) is 24.7 Å². The van der Waals surface area contributed by atoms with Gasteiger partial charge in [-0.25, -0.2) is 4.79 Å². The van der Waals surface area contributed by atoms with Crippen LogP contribution in [0.1, 0.15) is 5.56 Å². The number of pyridine rings is 1. The number of carboxylic acids is 1. The van der Waals surface area contributed by atoms with E-state index in [1.165, 1.54) is 0 Å². The number of carboxylic acid groups (broad SMARTS) is 1. The van der Waals surface area contributed by atoms with E-state index in [2.05, 4.69) is 4.98 Å². The van der Waals surface area contributed by atoms with Crippen LogP contribution < -0.4 is 0 Å². The average molecular weight is 206 g/mol. The van der Waals surface area contributed by atoms with Crippen molar-refractivity contribution in [1.82, 2.24) is 9.88 Å². The molecule has 0 atom stereocenters. The molecule has 1 rings (SSSR count). The van der Waals surface area contributed by atoms with Gasteiger partial charge >= 0.3 is 5.97 Å². The molecule has 0 radical (unpaired) electrons. The van der Waals surface area contributed by atoms with Crippen molar-refractivity contribution in [1.29, 1.82) is 0 Å². The second kappa shape index (κ2) is 5.93. The number of nitrogens with zero attached hydrogens (tertiary/aromatic N) is 2. The Kier molecular flexibility index (Phi) is 4.50. The van der Waals surface area contributed by atoms with Gasteiger partial charge in [0.1, 0.15) is 0 Å². The second-order valence-electron chi connectivity index (χ2n) is 3.29. The summed E-state index contributed by atoms with van der Waals surface area (Å²) in [4.78, 5) is 16.2. The van der Waals surface area contributed by atoms with Crippen molar-refractivity contribution in [2.75, 3.05) is 13.6 Å². The number of likely N-dealkylation sites (N-methyl/N-ethyl adjacent to an activating group) is 1. The van der Waals surface area contributed by atoms with Crippen LogP contribution in [0.4, 0.5) is 0 Å². The highest BCUT2D eigenvalue weighted by Gasteiger charge is 1.97. The van der Waals surface area contributed by atoms with E-state index in [4.69, 9.17) is 5.11 Å². The van der Waals surface area contributed by atoms with E-state index in [0.717, 1.165) is 18.2 Å². The van der Waals surface area contributed by atoms with Gasteiger partial charge < -0.3 is 5.11 Å². The summed E-state index contributed by atoms with van der Waals surface area (Å²) in [6.45, 7) is 1.40. The van der Waals surface area contributed by atoms with Crippen LogP contribution in [0.2, 0.25) is 0 Å². The Hall–Kier alpha value is -1.68. The molecule has 4 heteroatoms. The van der Waals surface area contributed by atoms with Gasteiger partial charge in [0.25, 0.3) is 0 Å². The molecule has 0 aliphatic rings. The molecule has 0 aliphatic carbocycles. The van der Waals surface area contributed by atoms with E-state index in [-0.39, 0.29) is 0 Å². The lowest BCUT2D eigenvalue weighted by atomic mass is 10.2. The zero-order chi connectivity index (χ0) is 11.1. The Balaban J connectivity index is 2.36. The summed E-state index contributed by atoms with van der Waals surface area (Å²) in [5, 5.41) is 8.40. The van der Waals surface area contributed by atoms with E-state index in [1.54, 1.807) is 18.5 Å². The number of carbonyl (C=O) groups is 1. The van der Waals surface area contributed by atoms with Crippen molar-refractivity contribution in [3.05, 3.63) is 42.2 Å². The fourth-order valence-electron chi connectivity index (χ4n) is 1.20. The topological polar surface area (TPSA) is 53.4 Å². The third-order valence-electron chi connectivity index (χ3n) is 1.88. The Bertz CT molecular complexity index is 336. The quantitative estimate of drug-likeness (QED) is 0.734. The smallest absolute Gasteiger partial charge is 0.328 e. The molecule has 0 saturated carbocycles. The minimum atomic E-state index is -0.910. The fraction of sp³-hybridized carbons (Fsp3) is 0.273. The lowest BCUT2D eigenvalue weighted by Gasteiger charge is -2.13. The first-order valence-corrected chi connectivity index (χ1v) is 4.65. The molecule has 1 aromatic heterocycles. The number of aliphatic carboxylic acids is 1. The van der Waals surface area contributed by atoms with Gasteiger partial charge in [0.05, 0.1) is 0 Å². The third-order valence-corrected chi connectivity index (χ3v) is 1.88. The highest BCUT2D eigenvalue weighted by molar-refractivity contribution is 5.79. The molecule has 0 spiro atoms. The largest absolute Gasteiger partial charge is 0.478 e. The predicted molar refractivity (Wildman–Crippen MR) is 57.3 cm³/mol. The summed E-state index contributed by atoms with van der Waals surface area (Å²) in [6.07, 6.45) is 6.28. The molecule has 0 saturated heterocycles. The monoisotopic (exact) mass is 206 g/mol. The molecule has 1 heterocycles. The van der Waals surface area contributed by atoms with Crippen LogP contribution in [0.25, 0.3) is 0 Å². The Morgan fingerprint density at radius 2 is 2.20 bits per heavy atom. The molecule has 0 bridgehead atoms. The standard InChI is InChI=1S/C11H14N2O2/c1-13(8-2-3-11(14)15)9-10-4-6-12-7-5-10/h2-7H,8-9H2,1H3,(H,14,15). The van der Waals surface area contributed by atoms with E-state index >= 15 is 0 Å². The summed E-state index contributed by atoms with van der Waals surface area (Å²) in [6, 6.07) is 3.88.